The molecule has 7 unspecified atom stereocenters. The molecule has 1 aromatic carbocycles. The maximum absolute atomic E-state index is 14.2. The van der Waals surface area contributed by atoms with E-state index < -0.39 is 115 Å². The average molecular weight is 1380 g/mol. The van der Waals surface area contributed by atoms with Crippen molar-refractivity contribution in [1.29, 1.82) is 0 Å². The van der Waals surface area contributed by atoms with Crippen molar-refractivity contribution in [1.82, 2.24) is 66.4 Å². The van der Waals surface area contributed by atoms with Crippen molar-refractivity contribution >= 4 is 127 Å². The number of nitrogens with two attached hydrogens (primary N) is 1. The number of carboxylic acids is 1. The number of aliphatic hydroxyl groups excluding tert-OH is 2. The predicted molar refractivity (Wildman–Crippen MR) is 345 cm³/mol. The summed E-state index contributed by atoms with van der Waals surface area (Å²) < 4.78 is 0. The molecule has 0 aliphatic carbocycles. The summed E-state index contributed by atoms with van der Waals surface area (Å²) in [5.74, 6) is -9.05. The van der Waals surface area contributed by atoms with Gasteiger partial charge < -0.3 is 52.5 Å². The molecule has 7 aromatic heterocycles. The Morgan fingerprint density at radius 3 is 2.05 bits per heavy atom. The number of hydrogen-bond acceptors (Lipinski definition) is 25. The quantitative estimate of drug-likeness (QED) is 0.0563. The molecule has 1 saturated heterocycles. The second-order valence-corrected chi connectivity index (χ2v) is 27.3. The zero-order valence-corrected chi connectivity index (χ0v) is 54.6. The molecule has 0 saturated carbocycles. The normalized spacial score (nSPS) is 18.2. The summed E-state index contributed by atoms with van der Waals surface area (Å²) >= 11 is 6.98. The van der Waals surface area contributed by atoms with Gasteiger partial charge in [-0.25, -0.2) is 34.9 Å². The van der Waals surface area contributed by atoms with Crippen molar-refractivity contribution in [3.63, 3.8) is 0 Å². The average Bonchev–Trinajstić information content (AvgIpc) is 1.70. The Hall–Kier alpha value is -8.83. The summed E-state index contributed by atoms with van der Waals surface area (Å²) in [6.45, 7) is 3.15. The van der Waals surface area contributed by atoms with E-state index in [1.165, 1.54) is 62.0 Å². The lowest BCUT2D eigenvalue weighted by Crippen LogP contribution is -2.53. The van der Waals surface area contributed by atoms with Crippen LogP contribution in [-0.4, -0.2) is 158 Å². The van der Waals surface area contributed by atoms with Crippen molar-refractivity contribution in [3.05, 3.63) is 118 Å². The standard InChI is InChI=1S/C60H60N14O13S6/c1-27(2)32-16-44(77)37-21-90-57(68-37)35(17-46(61)79)66-51(83)40-24-88-53(71-40)31-11-12-33(55-72-41(25-92-55)52(84)67-36(20-76)59(85)74-13-7-10-43(74)45(78)15-30(19-75)49(81)63-28(3)60(86)87)65-48(31)38-22-91-58(69-38)42-26-93-56(73-42)34(14-29-8-5-4-6-9-29)64-47(80)18-62-50(82)39-23-89-54(32)70-39/h4-6,8-9,11-12,21-28,30,32,34-36,43,75-76H,7,10,13-20H2,1-3H3,(H2,61,79)(H,62,82)(H,63,81)(H,64,80)(H,66,83)(H,67,84)(H,86,87). The molecule has 7 amide bonds. The van der Waals surface area contributed by atoms with Crippen LogP contribution in [0.2, 0.25) is 0 Å². The van der Waals surface area contributed by atoms with Gasteiger partial charge in [-0.05, 0) is 49.8 Å². The lowest BCUT2D eigenvalue weighted by molar-refractivity contribution is -0.143. The Morgan fingerprint density at radius 2 is 1.32 bits per heavy atom. The number of aliphatic carboxylic acids is 1. The van der Waals surface area contributed by atoms with E-state index >= 15 is 0 Å². The molecule has 8 aromatic rings. The van der Waals surface area contributed by atoms with Gasteiger partial charge >= 0.3 is 5.97 Å². The first-order chi connectivity index (χ1) is 44.6. The number of carboxylic acid groups (broad SMARTS) is 1. The number of rotatable bonds is 17. The summed E-state index contributed by atoms with van der Waals surface area (Å²) in [6.07, 6.45) is 0.0328. The van der Waals surface area contributed by atoms with Crippen molar-refractivity contribution in [3.8, 4) is 43.4 Å². The van der Waals surface area contributed by atoms with Gasteiger partial charge in [-0.2, -0.15) is 0 Å². The van der Waals surface area contributed by atoms with Gasteiger partial charge in [0.25, 0.3) is 17.7 Å². The number of nitrogens with one attached hydrogen (secondary N) is 5. The zero-order valence-electron chi connectivity index (χ0n) is 49.7. The Bertz CT molecular complexity index is 4140. The molecule has 10 bridgehead atoms. The van der Waals surface area contributed by atoms with Crippen LogP contribution in [0.1, 0.15) is 133 Å². The Balaban J connectivity index is 0.949. The number of amides is 7. The van der Waals surface area contributed by atoms with E-state index in [1.54, 1.807) is 28.3 Å². The summed E-state index contributed by atoms with van der Waals surface area (Å²) in [7, 11) is 0. The minimum Gasteiger partial charge on any atom is -0.480 e. The molecule has 1 fully saturated rings. The molecule has 0 radical (unpaired) electrons. The Morgan fingerprint density at radius 1 is 0.677 bits per heavy atom. The number of Topliss-reactive ketones (excluding diaryl/α,β-unsaturated/α-hetero) is 2. The van der Waals surface area contributed by atoms with E-state index in [9.17, 15) is 63.3 Å². The van der Waals surface area contributed by atoms with Crippen LogP contribution in [0.15, 0.2) is 74.7 Å². The third-order valence-corrected chi connectivity index (χ3v) is 20.7. The third-order valence-electron chi connectivity index (χ3n) is 15.2. The topological polar surface area (TPSA) is 411 Å². The number of nitrogens with zero attached hydrogens (tertiary/aromatic N) is 8. The highest BCUT2D eigenvalue weighted by Crippen LogP contribution is 2.39. The summed E-state index contributed by atoms with van der Waals surface area (Å²) in [6, 6.07) is 7.24. The van der Waals surface area contributed by atoms with Crippen LogP contribution < -0.4 is 32.3 Å². The molecular weight excluding hydrogens is 1320 g/mol. The van der Waals surface area contributed by atoms with Crippen molar-refractivity contribution in [2.75, 3.05) is 26.3 Å². The van der Waals surface area contributed by atoms with Crippen molar-refractivity contribution in [2.24, 2.45) is 17.6 Å². The molecule has 7 atom stereocenters. The van der Waals surface area contributed by atoms with E-state index in [-0.39, 0.29) is 88.2 Å². The van der Waals surface area contributed by atoms with Crippen LogP contribution in [0, 0.1) is 11.8 Å². The lowest BCUT2D eigenvalue weighted by atomic mass is 9.90. The second-order valence-electron chi connectivity index (χ2n) is 22.1. The maximum atomic E-state index is 14.2. The largest absolute Gasteiger partial charge is 0.480 e. The fourth-order valence-electron chi connectivity index (χ4n) is 10.2. The molecule has 33 heteroatoms. The number of hydrogen-bond donors (Lipinski definition) is 9. The molecule has 2 aliphatic heterocycles. The number of benzene rings is 1. The lowest BCUT2D eigenvalue weighted by Gasteiger charge is -2.28. The zero-order chi connectivity index (χ0) is 66.2. The van der Waals surface area contributed by atoms with E-state index in [2.05, 4.69) is 41.5 Å². The highest BCUT2D eigenvalue weighted by Gasteiger charge is 2.40. The van der Waals surface area contributed by atoms with Gasteiger partial charge in [0.2, 0.25) is 23.6 Å². The smallest absolute Gasteiger partial charge is 0.325 e. The number of carbonyl (C=O) groups excluding carboxylic acids is 9. The molecule has 2 aliphatic rings. The van der Waals surface area contributed by atoms with Gasteiger partial charge in [0.15, 0.2) is 11.6 Å². The fraction of sp³-hybridized carbons (Fsp3) is 0.350. The van der Waals surface area contributed by atoms with Crippen LogP contribution in [0.5, 0.6) is 0 Å². The number of carbonyl (C=O) groups is 10. The van der Waals surface area contributed by atoms with Gasteiger partial charge in [0, 0.05) is 63.1 Å². The number of likely N-dealkylation sites (tertiary alicyclic amines) is 1. The van der Waals surface area contributed by atoms with Gasteiger partial charge in [0.1, 0.15) is 77.0 Å². The molecule has 9 heterocycles. The fourth-order valence-corrected chi connectivity index (χ4v) is 15.4. The maximum Gasteiger partial charge on any atom is 0.325 e. The summed E-state index contributed by atoms with van der Waals surface area (Å²) in [4.78, 5) is 168. The summed E-state index contributed by atoms with van der Waals surface area (Å²) in [5, 5.41) is 54.8. The number of pyridine rings is 1. The number of fused-ring (bicyclic) bond motifs is 14. The molecule has 10 rings (SSSR count). The molecular formula is C60H60N14O13S6. The molecule has 10 N–H and O–H groups in total. The Kier molecular flexibility index (Phi) is 21.5. The van der Waals surface area contributed by atoms with Crippen LogP contribution >= 0.6 is 68.0 Å². The second kappa shape index (κ2) is 29.8. The SMILES string of the molecule is CC(NC(=O)C(CO)CC(=O)C1CCCN1C(=O)C(CO)NC(=O)c1csc(-c2ccc3c(n2)-c2csc(n2)-c2csc(n2)C(Cc2ccccc2)NC(=O)CNC(=O)c2csc(n2)C(C(C)C)CC(=O)c2csc(n2)C(CC(N)=O)NC(=O)c2csc-3n2)n1)C(=O)O. The highest BCUT2D eigenvalue weighted by molar-refractivity contribution is 7.15. The number of primary amides is 1. The number of ketones is 2. The van der Waals surface area contributed by atoms with Crippen LogP contribution in [0.4, 0.5) is 0 Å². The minimum absolute atomic E-state index is 0.0279. The van der Waals surface area contributed by atoms with E-state index in [1.807, 2.05) is 44.2 Å². The molecule has 0 spiro atoms. The van der Waals surface area contributed by atoms with Gasteiger partial charge in [0.05, 0.1) is 60.9 Å². The van der Waals surface area contributed by atoms with Gasteiger partial charge in [-0.15, -0.1) is 68.0 Å². The first-order valence-electron chi connectivity index (χ1n) is 29.0. The van der Waals surface area contributed by atoms with Crippen LogP contribution in [0.25, 0.3) is 43.4 Å². The van der Waals surface area contributed by atoms with Gasteiger partial charge in [-0.1, -0.05) is 44.2 Å². The van der Waals surface area contributed by atoms with Gasteiger partial charge in [-0.3, -0.25) is 47.9 Å². The van der Waals surface area contributed by atoms with E-state index in [0.717, 1.165) is 39.6 Å². The monoisotopic (exact) mass is 1380 g/mol. The first kappa shape index (κ1) is 67.1. The molecule has 484 valence electrons. The van der Waals surface area contributed by atoms with E-state index in [4.69, 9.17) is 25.7 Å². The van der Waals surface area contributed by atoms with E-state index in [0.29, 0.717) is 49.8 Å². The number of aliphatic hydroxyl groups is 2. The van der Waals surface area contributed by atoms with Crippen LogP contribution in [0.3, 0.4) is 0 Å². The van der Waals surface area contributed by atoms with Crippen LogP contribution in [-0.2, 0) is 35.2 Å². The molecule has 27 nitrogen and oxygen atoms in total. The number of aromatic nitrogens is 7. The first-order valence-corrected chi connectivity index (χ1v) is 34.3. The summed E-state index contributed by atoms with van der Waals surface area (Å²) in [5.41, 5.74) is 8.37. The Labute approximate surface area is 553 Å². The highest BCUT2D eigenvalue weighted by atomic mass is 32.1. The number of thiazole rings is 6. The third kappa shape index (κ3) is 16.0. The predicted octanol–water partition coefficient (Wildman–Crippen LogP) is 5.23. The van der Waals surface area contributed by atoms with Crippen molar-refractivity contribution < 1.29 is 63.3 Å². The minimum atomic E-state index is -1.53. The molecule has 93 heavy (non-hydrogen) atoms. The van der Waals surface area contributed by atoms with Crippen molar-refractivity contribution in [2.45, 2.75) is 95.4 Å².